The lowest BCUT2D eigenvalue weighted by molar-refractivity contribution is -0.127. The van der Waals surface area contributed by atoms with Gasteiger partial charge in [-0.15, -0.1) is 0 Å². The summed E-state index contributed by atoms with van der Waals surface area (Å²) in [7, 11) is -4.07. The Labute approximate surface area is 96.2 Å². The summed E-state index contributed by atoms with van der Waals surface area (Å²) in [5.74, 6) is 0.412. The minimum Gasteiger partial charge on any atom is -0.299 e. The van der Waals surface area contributed by atoms with E-state index in [1.807, 2.05) is 13.8 Å². The van der Waals surface area contributed by atoms with Crippen LogP contribution in [0.1, 0.15) is 33.1 Å². The van der Waals surface area contributed by atoms with E-state index in [0.29, 0.717) is 24.7 Å². The summed E-state index contributed by atoms with van der Waals surface area (Å²) in [6.45, 7) is 4.06. The van der Waals surface area contributed by atoms with Crippen LogP contribution in [0.3, 0.4) is 0 Å². The van der Waals surface area contributed by atoms with Crippen LogP contribution in [0.15, 0.2) is 0 Å². The number of Topliss-reactive ketones (excluding diaryl/α,β-unsaturated/α-hetero) is 1. The van der Waals surface area contributed by atoms with Gasteiger partial charge in [-0.05, 0) is 30.6 Å². The number of hydrogen-bond acceptors (Lipinski definition) is 3. The van der Waals surface area contributed by atoms with E-state index in [2.05, 4.69) is 0 Å². The van der Waals surface area contributed by atoms with Gasteiger partial charge in [-0.3, -0.25) is 9.35 Å². The fourth-order valence-corrected chi connectivity index (χ4v) is 5.14. The first-order chi connectivity index (χ1) is 7.26. The third kappa shape index (κ3) is 1.70. The van der Waals surface area contributed by atoms with Gasteiger partial charge in [0.05, 0.1) is 5.75 Å². The van der Waals surface area contributed by atoms with Crippen LogP contribution in [0.25, 0.3) is 0 Å². The first kappa shape index (κ1) is 12.0. The lowest BCUT2D eigenvalue weighted by Gasteiger charge is -2.31. The molecule has 3 atom stereocenters. The average molecular weight is 246 g/mol. The number of rotatable bonds is 3. The summed E-state index contributed by atoms with van der Waals surface area (Å²) in [6.07, 6.45) is 2.04. The van der Waals surface area contributed by atoms with E-state index in [-0.39, 0.29) is 17.5 Å². The molecule has 4 nitrogen and oxygen atoms in total. The second-order valence-electron chi connectivity index (χ2n) is 5.58. The molecule has 0 amide bonds. The zero-order valence-corrected chi connectivity index (χ0v) is 10.5. The van der Waals surface area contributed by atoms with Crippen molar-refractivity contribution in [2.24, 2.45) is 23.2 Å². The summed E-state index contributed by atoms with van der Waals surface area (Å²) < 4.78 is 31.2. The van der Waals surface area contributed by atoms with Crippen LogP contribution in [0.2, 0.25) is 0 Å². The molecule has 0 heterocycles. The van der Waals surface area contributed by atoms with Crippen molar-refractivity contribution in [1.82, 2.24) is 0 Å². The molecule has 0 aliphatic heterocycles. The molecule has 92 valence electrons. The van der Waals surface area contributed by atoms with Gasteiger partial charge in [0.15, 0.2) is 0 Å². The summed E-state index contributed by atoms with van der Waals surface area (Å²) in [5.41, 5.74) is -0.785. The number of carbonyl (C=O) groups is 1. The molecule has 5 heteroatoms. The average Bonchev–Trinajstić information content (AvgIpc) is 2.52. The quantitative estimate of drug-likeness (QED) is 0.766. The van der Waals surface area contributed by atoms with Crippen molar-refractivity contribution in [3.8, 4) is 0 Å². The van der Waals surface area contributed by atoms with Crippen LogP contribution in [-0.2, 0) is 14.9 Å². The Hall–Kier alpha value is -0.420. The molecule has 0 aromatic heterocycles. The number of ketones is 1. The first-order valence-corrected chi connectivity index (χ1v) is 7.36. The van der Waals surface area contributed by atoms with Gasteiger partial charge in [0.1, 0.15) is 5.78 Å². The van der Waals surface area contributed by atoms with Crippen molar-refractivity contribution >= 4 is 15.9 Å². The fourth-order valence-electron chi connectivity index (χ4n) is 3.99. The van der Waals surface area contributed by atoms with Gasteiger partial charge in [0, 0.05) is 11.8 Å². The molecule has 2 bridgehead atoms. The smallest absolute Gasteiger partial charge is 0.265 e. The third-order valence-corrected chi connectivity index (χ3v) is 5.15. The molecule has 2 saturated carbocycles. The van der Waals surface area contributed by atoms with Crippen molar-refractivity contribution in [1.29, 1.82) is 0 Å². The van der Waals surface area contributed by atoms with Gasteiger partial charge in [0.2, 0.25) is 0 Å². The summed E-state index contributed by atoms with van der Waals surface area (Å²) in [6, 6.07) is 0. The highest BCUT2D eigenvalue weighted by Crippen LogP contribution is 2.59. The van der Waals surface area contributed by atoms with Crippen LogP contribution in [0.5, 0.6) is 0 Å². The molecule has 2 aliphatic carbocycles. The Balaban J connectivity index is 2.38. The molecule has 0 spiro atoms. The van der Waals surface area contributed by atoms with E-state index in [4.69, 9.17) is 4.55 Å². The molecule has 1 N–H and O–H groups in total. The zero-order chi connectivity index (χ0) is 12.1. The highest BCUT2D eigenvalue weighted by atomic mass is 32.2. The zero-order valence-electron chi connectivity index (χ0n) is 9.64. The molecule has 2 aliphatic rings. The van der Waals surface area contributed by atoms with E-state index in [1.54, 1.807) is 0 Å². The Kier molecular flexibility index (Phi) is 2.66. The molecular formula is C11H18O4S. The van der Waals surface area contributed by atoms with E-state index >= 15 is 0 Å². The predicted molar refractivity (Wildman–Crippen MR) is 59.5 cm³/mol. The molecule has 0 saturated heterocycles. The number of fused-ring (bicyclic) bond motifs is 2. The molecule has 0 radical (unpaired) electrons. The molecule has 2 unspecified atom stereocenters. The minimum atomic E-state index is -4.07. The van der Waals surface area contributed by atoms with Crippen molar-refractivity contribution in [3.63, 3.8) is 0 Å². The molecule has 16 heavy (non-hydrogen) atoms. The normalized spacial score (nSPS) is 38.6. The van der Waals surface area contributed by atoms with Crippen LogP contribution < -0.4 is 0 Å². The summed E-state index contributed by atoms with van der Waals surface area (Å²) in [5, 5.41) is 0. The fraction of sp³-hybridized carbons (Fsp3) is 0.909. The second kappa shape index (κ2) is 3.53. The van der Waals surface area contributed by atoms with E-state index in [9.17, 15) is 13.2 Å². The van der Waals surface area contributed by atoms with Crippen molar-refractivity contribution in [3.05, 3.63) is 0 Å². The predicted octanol–water partition coefficient (Wildman–Crippen LogP) is 1.52. The van der Waals surface area contributed by atoms with Crippen LogP contribution >= 0.6 is 0 Å². The lowest BCUT2D eigenvalue weighted by atomic mass is 9.75. The van der Waals surface area contributed by atoms with Crippen LogP contribution in [-0.4, -0.2) is 24.5 Å². The maximum absolute atomic E-state index is 12.0. The van der Waals surface area contributed by atoms with Crippen LogP contribution in [0.4, 0.5) is 0 Å². The van der Waals surface area contributed by atoms with Crippen molar-refractivity contribution in [2.45, 2.75) is 33.1 Å². The SMILES string of the molecule is CC(C)[C@H]1C2CCC1(CS(=O)(=O)O)C(=O)C2. The lowest BCUT2D eigenvalue weighted by Crippen LogP contribution is -2.39. The molecule has 2 fully saturated rings. The summed E-state index contributed by atoms with van der Waals surface area (Å²) in [4.78, 5) is 12.0. The topological polar surface area (TPSA) is 71.4 Å². The Morgan fingerprint density at radius 2 is 2.12 bits per heavy atom. The van der Waals surface area contributed by atoms with E-state index in [0.717, 1.165) is 6.42 Å². The van der Waals surface area contributed by atoms with E-state index < -0.39 is 15.5 Å². The van der Waals surface area contributed by atoms with Crippen molar-refractivity contribution < 1.29 is 17.8 Å². The van der Waals surface area contributed by atoms with Gasteiger partial charge in [-0.25, -0.2) is 0 Å². The largest absolute Gasteiger partial charge is 0.299 e. The monoisotopic (exact) mass is 246 g/mol. The number of hydrogen-bond donors (Lipinski definition) is 1. The second-order valence-corrected chi connectivity index (χ2v) is 7.03. The Morgan fingerprint density at radius 3 is 2.56 bits per heavy atom. The minimum absolute atomic E-state index is 0.0417. The maximum Gasteiger partial charge on any atom is 0.265 e. The van der Waals surface area contributed by atoms with E-state index in [1.165, 1.54) is 0 Å². The molecule has 0 aromatic rings. The van der Waals surface area contributed by atoms with Gasteiger partial charge in [-0.1, -0.05) is 13.8 Å². The van der Waals surface area contributed by atoms with Gasteiger partial charge < -0.3 is 0 Å². The maximum atomic E-state index is 12.0. The molecular weight excluding hydrogens is 228 g/mol. The first-order valence-electron chi connectivity index (χ1n) is 5.75. The molecule has 2 rings (SSSR count). The van der Waals surface area contributed by atoms with Gasteiger partial charge >= 0.3 is 0 Å². The van der Waals surface area contributed by atoms with Gasteiger partial charge in [-0.2, -0.15) is 8.42 Å². The Morgan fingerprint density at radius 1 is 1.50 bits per heavy atom. The number of carbonyl (C=O) groups excluding carboxylic acids is 1. The molecule has 0 aromatic carbocycles. The third-order valence-electron chi connectivity index (χ3n) is 4.27. The Bertz CT molecular complexity index is 412. The highest BCUT2D eigenvalue weighted by Gasteiger charge is 2.61. The van der Waals surface area contributed by atoms with Gasteiger partial charge in [0.25, 0.3) is 10.1 Å². The highest BCUT2D eigenvalue weighted by molar-refractivity contribution is 7.85. The van der Waals surface area contributed by atoms with Crippen LogP contribution in [0, 0.1) is 23.2 Å². The summed E-state index contributed by atoms with van der Waals surface area (Å²) >= 11 is 0. The standard InChI is InChI=1S/C11H18O4S/c1-7(2)10-8-3-4-11(10,9(12)5-8)6-16(13,14)15/h7-8,10H,3-6H2,1-2H3,(H,13,14,15)/t8?,10-,11?/m0/s1. The van der Waals surface area contributed by atoms with Crippen molar-refractivity contribution in [2.75, 3.05) is 5.75 Å².